The summed E-state index contributed by atoms with van der Waals surface area (Å²) < 4.78 is 46.2. The molecule has 7 nitrogen and oxygen atoms in total. The number of benzene rings is 2. The van der Waals surface area contributed by atoms with Crippen molar-refractivity contribution in [3.05, 3.63) is 70.3 Å². The van der Waals surface area contributed by atoms with Crippen molar-refractivity contribution in [2.24, 2.45) is 0 Å². The zero-order valence-corrected chi connectivity index (χ0v) is 19.3. The molecule has 184 valence electrons. The van der Waals surface area contributed by atoms with Gasteiger partial charge in [0.25, 0.3) is 0 Å². The van der Waals surface area contributed by atoms with Crippen LogP contribution in [0.15, 0.2) is 42.5 Å². The van der Waals surface area contributed by atoms with E-state index in [-0.39, 0.29) is 25.1 Å². The number of hydrogen-bond acceptors (Lipinski definition) is 4. The largest absolute Gasteiger partial charge is 0.490 e. The number of fused-ring (bicyclic) bond motifs is 3. The Morgan fingerprint density at radius 3 is 2.40 bits per heavy atom. The van der Waals surface area contributed by atoms with E-state index in [4.69, 9.17) is 16.3 Å². The molecule has 0 atom stereocenters. The average molecular weight is 507 g/mol. The molecule has 2 heterocycles. The first-order valence-electron chi connectivity index (χ1n) is 11.2. The minimum atomic E-state index is -4.38. The third-order valence-corrected chi connectivity index (χ3v) is 6.76. The summed E-state index contributed by atoms with van der Waals surface area (Å²) in [6.45, 7) is 0.308. The Kier molecular flexibility index (Phi) is 6.08. The van der Waals surface area contributed by atoms with Crippen LogP contribution < -0.4 is 4.74 Å². The number of nitrogens with zero attached hydrogens (tertiary/aromatic N) is 4. The van der Waals surface area contributed by atoms with Crippen LogP contribution in [0.1, 0.15) is 54.4 Å². The summed E-state index contributed by atoms with van der Waals surface area (Å²) in [5, 5.41) is 18.9. The van der Waals surface area contributed by atoms with Crippen molar-refractivity contribution in [2.45, 2.75) is 57.0 Å². The van der Waals surface area contributed by atoms with Crippen LogP contribution in [0.4, 0.5) is 18.0 Å². The molecule has 1 N–H and O–H groups in total. The molecule has 0 unspecified atom stereocenters. The van der Waals surface area contributed by atoms with Crippen LogP contribution in [0, 0.1) is 0 Å². The maximum atomic E-state index is 12.8. The normalized spacial score (nSPS) is 20.1. The first-order valence-corrected chi connectivity index (χ1v) is 11.6. The summed E-state index contributed by atoms with van der Waals surface area (Å²) in [6, 6.07) is 10.1. The molecule has 11 heteroatoms. The van der Waals surface area contributed by atoms with Crippen LogP contribution >= 0.6 is 11.6 Å². The van der Waals surface area contributed by atoms with E-state index in [1.165, 1.54) is 17.0 Å². The molecular formula is C24H22ClF3N4O3. The number of halogens is 4. The highest BCUT2D eigenvalue weighted by Crippen LogP contribution is 2.37. The van der Waals surface area contributed by atoms with E-state index in [1.54, 1.807) is 12.1 Å². The summed E-state index contributed by atoms with van der Waals surface area (Å²) in [5.41, 5.74) is 0.888. The van der Waals surface area contributed by atoms with Gasteiger partial charge >= 0.3 is 12.3 Å². The molecule has 0 bridgehead atoms. The SMILES string of the molecule is O=C(O)N1Cc2cc(Cl)ccc2-n2c(nnc2[C@H]2CC[C@H](Oc3ccc(C(F)(F)F)cc3)CC2)C1. The summed E-state index contributed by atoms with van der Waals surface area (Å²) in [5.74, 6) is 1.82. The highest BCUT2D eigenvalue weighted by Gasteiger charge is 2.33. The third kappa shape index (κ3) is 4.80. The molecule has 0 saturated heterocycles. The molecule has 0 spiro atoms. The lowest BCUT2D eigenvalue weighted by atomic mass is 9.86. The van der Waals surface area contributed by atoms with Gasteiger partial charge in [-0.3, -0.25) is 9.47 Å². The Hall–Kier alpha value is -3.27. The number of ether oxygens (including phenoxy) is 1. The van der Waals surface area contributed by atoms with Gasteiger partial charge in [0.2, 0.25) is 0 Å². The topological polar surface area (TPSA) is 80.5 Å². The molecule has 0 radical (unpaired) electrons. The zero-order chi connectivity index (χ0) is 24.7. The van der Waals surface area contributed by atoms with Crippen molar-refractivity contribution in [2.75, 3.05) is 0 Å². The van der Waals surface area contributed by atoms with E-state index in [9.17, 15) is 23.1 Å². The fourth-order valence-electron chi connectivity index (χ4n) is 4.78. The van der Waals surface area contributed by atoms with Gasteiger partial charge in [0.15, 0.2) is 5.82 Å². The molecule has 1 aliphatic heterocycles. The summed E-state index contributed by atoms with van der Waals surface area (Å²) in [4.78, 5) is 13.0. The van der Waals surface area contributed by atoms with Crippen molar-refractivity contribution in [1.82, 2.24) is 19.7 Å². The molecule has 1 saturated carbocycles. The van der Waals surface area contributed by atoms with E-state index >= 15 is 0 Å². The van der Waals surface area contributed by atoms with Crippen molar-refractivity contribution < 1.29 is 27.8 Å². The first-order chi connectivity index (χ1) is 16.7. The van der Waals surface area contributed by atoms with Gasteiger partial charge < -0.3 is 9.84 Å². The highest BCUT2D eigenvalue weighted by molar-refractivity contribution is 6.30. The van der Waals surface area contributed by atoms with Crippen LogP contribution in [-0.2, 0) is 19.3 Å². The van der Waals surface area contributed by atoms with Crippen molar-refractivity contribution >= 4 is 17.7 Å². The second-order valence-corrected chi connectivity index (χ2v) is 9.27. The lowest BCUT2D eigenvalue weighted by Crippen LogP contribution is -2.28. The number of alkyl halides is 3. The Morgan fingerprint density at radius 1 is 1.03 bits per heavy atom. The maximum absolute atomic E-state index is 12.8. The summed E-state index contributed by atoms with van der Waals surface area (Å²) in [7, 11) is 0. The van der Waals surface area contributed by atoms with Crippen LogP contribution in [-0.4, -0.2) is 37.0 Å². The van der Waals surface area contributed by atoms with Gasteiger partial charge in [-0.1, -0.05) is 11.6 Å². The fraction of sp³-hybridized carbons (Fsp3) is 0.375. The maximum Gasteiger partial charge on any atom is 0.416 e. The lowest BCUT2D eigenvalue weighted by molar-refractivity contribution is -0.137. The predicted octanol–water partition coefficient (Wildman–Crippen LogP) is 6.04. The number of amides is 1. The number of aromatic nitrogens is 3. The minimum Gasteiger partial charge on any atom is -0.490 e. The minimum absolute atomic E-state index is 0.0867. The van der Waals surface area contributed by atoms with Gasteiger partial charge in [0.1, 0.15) is 11.6 Å². The smallest absolute Gasteiger partial charge is 0.416 e. The number of carboxylic acid groups (broad SMARTS) is 1. The average Bonchev–Trinajstić information content (AvgIpc) is 3.15. The summed E-state index contributed by atoms with van der Waals surface area (Å²) in [6.07, 6.45) is -2.59. The number of hydrogen-bond donors (Lipinski definition) is 1. The van der Waals surface area contributed by atoms with E-state index in [0.29, 0.717) is 29.4 Å². The van der Waals surface area contributed by atoms with E-state index < -0.39 is 17.8 Å². The van der Waals surface area contributed by atoms with Crippen molar-refractivity contribution in [1.29, 1.82) is 0 Å². The standard InChI is InChI=1S/C24H22ClF3N4O3/c25-17-5-10-20-15(11-17)12-31(23(33)34)13-21-29-30-22(32(20)21)14-1-6-18(7-2-14)35-19-8-3-16(4-9-19)24(26,27)28/h3-5,8-11,14,18H,1-2,6-7,12-13H2,(H,33,34)/t14-,18-. The molecule has 1 aliphatic carbocycles. The Labute approximate surface area is 204 Å². The molecule has 1 fully saturated rings. The molecule has 5 rings (SSSR count). The first kappa shape index (κ1) is 23.5. The Bertz CT molecular complexity index is 1240. The monoisotopic (exact) mass is 506 g/mol. The van der Waals surface area contributed by atoms with Gasteiger partial charge in [-0.2, -0.15) is 13.2 Å². The van der Waals surface area contributed by atoms with Crippen LogP contribution in [0.5, 0.6) is 5.75 Å². The molecule has 2 aliphatic rings. The third-order valence-electron chi connectivity index (χ3n) is 6.53. The second kappa shape index (κ2) is 9.07. The molecule has 1 amide bonds. The fourth-order valence-corrected chi connectivity index (χ4v) is 4.97. The van der Waals surface area contributed by atoms with Gasteiger partial charge in [0.05, 0.1) is 30.4 Å². The molecule has 3 aromatic rings. The van der Waals surface area contributed by atoms with Crippen LogP contribution in [0.25, 0.3) is 5.69 Å². The molecule has 35 heavy (non-hydrogen) atoms. The number of rotatable bonds is 3. The predicted molar refractivity (Wildman–Crippen MR) is 121 cm³/mol. The Balaban J connectivity index is 1.33. The Morgan fingerprint density at radius 2 is 1.74 bits per heavy atom. The number of carbonyl (C=O) groups is 1. The highest BCUT2D eigenvalue weighted by atomic mass is 35.5. The van der Waals surface area contributed by atoms with Gasteiger partial charge in [-0.15, -0.1) is 10.2 Å². The van der Waals surface area contributed by atoms with Crippen molar-refractivity contribution in [3.63, 3.8) is 0 Å². The van der Waals surface area contributed by atoms with Gasteiger partial charge in [0, 0.05) is 10.9 Å². The molecule has 1 aromatic heterocycles. The zero-order valence-electron chi connectivity index (χ0n) is 18.5. The van der Waals surface area contributed by atoms with E-state index in [1.807, 2.05) is 10.6 Å². The molecular weight excluding hydrogens is 485 g/mol. The van der Waals surface area contributed by atoms with Crippen LogP contribution in [0.2, 0.25) is 5.02 Å². The van der Waals surface area contributed by atoms with E-state index in [0.717, 1.165) is 42.0 Å². The second-order valence-electron chi connectivity index (χ2n) is 8.84. The lowest BCUT2D eigenvalue weighted by Gasteiger charge is -2.29. The quantitative estimate of drug-likeness (QED) is 0.468. The van der Waals surface area contributed by atoms with E-state index in [2.05, 4.69) is 10.2 Å². The van der Waals surface area contributed by atoms with Crippen molar-refractivity contribution in [3.8, 4) is 11.4 Å². The molecule has 2 aromatic carbocycles. The van der Waals surface area contributed by atoms with Gasteiger partial charge in [-0.25, -0.2) is 4.79 Å². The van der Waals surface area contributed by atoms with Gasteiger partial charge in [-0.05, 0) is 73.7 Å². The van der Waals surface area contributed by atoms with Crippen LogP contribution in [0.3, 0.4) is 0 Å². The summed E-state index contributed by atoms with van der Waals surface area (Å²) >= 11 is 6.18.